The van der Waals surface area contributed by atoms with Crippen molar-refractivity contribution in [1.29, 1.82) is 0 Å². The van der Waals surface area contributed by atoms with Crippen LogP contribution >= 0.6 is 0 Å². The highest BCUT2D eigenvalue weighted by atomic mass is 32.2. The summed E-state index contributed by atoms with van der Waals surface area (Å²) in [5.74, 6) is -0.839. The Morgan fingerprint density at radius 3 is 2.81 bits per heavy atom. The van der Waals surface area contributed by atoms with Crippen LogP contribution in [0.1, 0.15) is 18.2 Å². The van der Waals surface area contributed by atoms with Gasteiger partial charge in [-0.2, -0.15) is 0 Å². The summed E-state index contributed by atoms with van der Waals surface area (Å²) in [4.78, 5) is 3.68. The van der Waals surface area contributed by atoms with Gasteiger partial charge in [-0.05, 0) is 36.2 Å². The first-order chi connectivity index (χ1) is 9.94. The van der Waals surface area contributed by atoms with Crippen molar-refractivity contribution in [2.75, 3.05) is 5.73 Å². The lowest BCUT2D eigenvalue weighted by atomic mass is 10.1. The molecule has 0 saturated carbocycles. The summed E-state index contributed by atoms with van der Waals surface area (Å²) in [6.07, 6.45) is 2.32. The Morgan fingerprint density at radius 2 is 2.10 bits per heavy atom. The molecule has 5 nitrogen and oxygen atoms in total. The van der Waals surface area contributed by atoms with Crippen LogP contribution in [0.3, 0.4) is 0 Å². The number of rotatable bonds is 5. The number of sulfonamides is 1. The van der Waals surface area contributed by atoms with E-state index in [1.54, 1.807) is 12.3 Å². The number of nitrogens with zero attached hydrogens (tertiary/aromatic N) is 1. The quantitative estimate of drug-likeness (QED) is 0.825. The molecule has 0 amide bonds. The Bertz CT molecular complexity index is 748. The monoisotopic (exact) mass is 309 g/mol. The van der Waals surface area contributed by atoms with E-state index in [1.165, 1.54) is 6.07 Å². The van der Waals surface area contributed by atoms with Crippen molar-refractivity contribution in [3.05, 3.63) is 53.6 Å². The molecule has 0 bridgehead atoms. The summed E-state index contributed by atoms with van der Waals surface area (Å²) in [6.45, 7) is 1.95. The molecule has 2 rings (SSSR count). The molecule has 1 heterocycles. The molecule has 0 radical (unpaired) electrons. The lowest BCUT2D eigenvalue weighted by Crippen LogP contribution is -2.25. The van der Waals surface area contributed by atoms with E-state index >= 15 is 0 Å². The molecule has 2 aromatic rings. The molecule has 0 aliphatic carbocycles. The highest BCUT2D eigenvalue weighted by Crippen LogP contribution is 2.18. The van der Waals surface area contributed by atoms with Crippen LogP contribution in [0.2, 0.25) is 0 Å². The Kier molecular flexibility index (Phi) is 4.54. The van der Waals surface area contributed by atoms with Crippen molar-refractivity contribution >= 4 is 15.7 Å². The summed E-state index contributed by atoms with van der Waals surface area (Å²) >= 11 is 0. The topological polar surface area (TPSA) is 85.1 Å². The first kappa shape index (κ1) is 15.4. The van der Waals surface area contributed by atoms with Gasteiger partial charge in [0, 0.05) is 11.9 Å². The number of aryl methyl sites for hydroxylation is 1. The second-order valence-electron chi connectivity index (χ2n) is 4.48. The molecule has 0 atom stereocenters. The zero-order chi connectivity index (χ0) is 15.5. The standard InChI is InChI=1S/C14H16FN3O2S/c1-2-10-4-3-7-17-13(10)9-18-21(19,20)14-8-11(16)5-6-12(14)15/h3-8,18H,2,9,16H2,1H3. The third kappa shape index (κ3) is 3.56. The predicted molar refractivity (Wildman–Crippen MR) is 78.5 cm³/mol. The molecule has 1 aromatic carbocycles. The summed E-state index contributed by atoms with van der Waals surface area (Å²) < 4.78 is 40.3. The minimum atomic E-state index is -3.98. The number of nitrogens with one attached hydrogen (secondary N) is 1. The number of anilines is 1. The van der Waals surface area contributed by atoms with Crippen molar-refractivity contribution < 1.29 is 12.8 Å². The van der Waals surface area contributed by atoms with Gasteiger partial charge in [-0.15, -0.1) is 0 Å². The van der Waals surface area contributed by atoms with Gasteiger partial charge in [0.15, 0.2) is 0 Å². The van der Waals surface area contributed by atoms with Crippen molar-refractivity contribution in [1.82, 2.24) is 9.71 Å². The maximum Gasteiger partial charge on any atom is 0.243 e. The summed E-state index contributed by atoms with van der Waals surface area (Å²) in [5.41, 5.74) is 7.25. The van der Waals surface area contributed by atoms with Gasteiger partial charge in [0.05, 0.1) is 12.2 Å². The van der Waals surface area contributed by atoms with E-state index in [-0.39, 0.29) is 12.2 Å². The highest BCUT2D eigenvalue weighted by Gasteiger charge is 2.19. The smallest absolute Gasteiger partial charge is 0.243 e. The van der Waals surface area contributed by atoms with Gasteiger partial charge < -0.3 is 5.73 Å². The highest BCUT2D eigenvalue weighted by molar-refractivity contribution is 7.89. The SMILES string of the molecule is CCc1cccnc1CNS(=O)(=O)c1cc(N)ccc1F. The zero-order valence-electron chi connectivity index (χ0n) is 11.5. The molecule has 0 spiro atoms. The molecule has 112 valence electrons. The van der Waals surface area contributed by atoms with Crippen molar-refractivity contribution in [2.24, 2.45) is 0 Å². The van der Waals surface area contributed by atoms with Gasteiger partial charge in [0.2, 0.25) is 10.0 Å². The summed E-state index contributed by atoms with van der Waals surface area (Å²) in [6, 6.07) is 7.09. The van der Waals surface area contributed by atoms with Crippen LogP contribution in [-0.4, -0.2) is 13.4 Å². The Labute approximate surface area is 123 Å². The second-order valence-corrected chi connectivity index (χ2v) is 6.21. The molecule has 0 unspecified atom stereocenters. The molecule has 3 N–H and O–H groups in total. The lowest BCUT2D eigenvalue weighted by Gasteiger charge is -2.10. The first-order valence-corrected chi connectivity index (χ1v) is 7.90. The fourth-order valence-corrected chi connectivity index (χ4v) is 3.02. The fourth-order valence-electron chi connectivity index (χ4n) is 1.92. The zero-order valence-corrected chi connectivity index (χ0v) is 12.3. The van der Waals surface area contributed by atoms with Gasteiger partial charge in [-0.3, -0.25) is 4.98 Å². The third-order valence-electron chi connectivity index (χ3n) is 3.04. The normalized spacial score (nSPS) is 11.5. The van der Waals surface area contributed by atoms with Crippen LogP contribution in [0.5, 0.6) is 0 Å². The van der Waals surface area contributed by atoms with E-state index in [9.17, 15) is 12.8 Å². The van der Waals surface area contributed by atoms with E-state index in [0.29, 0.717) is 5.69 Å². The molecule has 21 heavy (non-hydrogen) atoms. The van der Waals surface area contributed by atoms with Crippen LogP contribution in [0.25, 0.3) is 0 Å². The number of halogens is 1. The lowest BCUT2D eigenvalue weighted by molar-refractivity contribution is 0.556. The van der Waals surface area contributed by atoms with Crippen LogP contribution in [0.4, 0.5) is 10.1 Å². The number of pyridine rings is 1. The predicted octanol–water partition coefficient (Wildman–Crippen LogP) is 1.84. The van der Waals surface area contributed by atoms with E-state index < -0.39 is 20.7 Å². The van der Waals surface area contributed by atoms with E-state index in [0.717, 1.165) is 24.1 Å². The third-order valence-corrected chi connectivity index (χ3v) is 4.46. The van der Waals surface area contributed by atoms with Crippen LogP contribution in [-0.2, 0) is 23.0 Å². The number of benzene rings is 1. The molecule has 7 heteroatoms. The Hall–Kier alpha value is -1.99. The van der Waals surface area contributed by atoms with Gasteiger partial charge in [-0.1, -0.05) is 13.0 Å². The molecule has 0 fully saturated rings. The van der Waals surface area contributed by atoms with Gasteiger partial charge in [-0.25, -0.2) is 17.5 Å². The number of nitrogen functional groups attached to an aromatic ring is 1. The van der Waals surface area contributed by atoms with E-state index in [2.05, 4.69) is 9.71 Å². The van der Waals surface area contributed by atoms with Gasteiger partial charge in [0.25, 0.3) is 0 Å². The minimum absolute atomic E-state index is 0.000581. The Morgan fingerprint density at radius 1 is 1.33 bits per heavy atom. The van der Waals surface area contributed by atoms with Crippen molar-refractivity contribution in [3.8, 4) is 0 Å². The second kappa shape index (κ2) is 6.19. The molecule has 1 aromatic heterocycles. The minimum Gasteiger partial charge on any atom is -0.399 e. The molecule has 0 saturated heterocycles. The van der Waals surface area contributed by atoms with Gasteiger partial charge >= 0.3 is 0 Å². The fraction of sp³-hybridized carbons (Fsp3) is 0.214. The maximum absolute atomic E-state index is 13.6. The Balaban J connectivity index is 2.24. The number of hydrogen-bond acceptors (Lipinski definition) is 4. The molecular formula is C14H16FN3O2S. The summed E-state index contributed by atoms with van der Waals surface area (Å²) in [5, 5.41) is 0. The number of hydrogen-bond donors (Lipinski definition) is 2. The van der Waals surface area contributed by atoms with Crippen LogP contribution in [0, 0.1) is 5.82 Å². The average Bonchev–Trinajstić information content (AvgIpc) is 2.48. The van der Waals surface area contributed by atoms with Crippen molar-refractivity contribution in [3.63, 3.8) is 0 Å². The molecule has 0 aliphatic rings. The van der Waals surface area contributed by atoms with Crippen LogP contribution in [0.15, 0.2) is 41.4 Å². The number of aromatic nitrogens is 1. The average molecular weight is 309 g/mol. The van der Waals surface area contributed by atoms with Gasteiger partial charge in [0.1, 0.15) is 10.7 Å². The van der Waals surface area contributed by atoms with Crippen LogP contribution < -0.4 is 10.5 Å². The largest absolute Gasteiger partial charge is 0.399 e. The molecular weight excluding hydrogens is 293 g/mol. The summed E-state index contributed by atoms with van der Waals surface area (Å²) in [7, 11) is -3.98. The first-order valence-electron chi connectivity index (χ1n) is 6.41. The van der Waals surface area contributed by atoms with E-state index in [4.69, 9.17) is 5.73 Å². The van der Waals surface area contributed by atoms with Crippen molar-refractivity contribution in [2.45, 2.75) is 24.8 Å². The number of nitrogens with two attached hydrogens (primary N) is 1. The van der Waals surface area contributed by atoms with E-state index in [1.807, 2.05) is 13.0 Å². The maximum atomic E-state index is 13.6. The molecule has 0 aliphatic heterocycles.